The van der Waals surface area contributed by atoms with Crippen molar-refractivity contribution < 1.29 is 103 Å². The normalized spacial score (nSPS) is 10.1. The van der Waals surface area contributed by atoms with E-state index in [9.17, 15) is 39.6 Å². The molecule has 0 aromatic heterocycles. The Morgan fingerprint density at radius 1 is 0.840 bits per heavy atom. The third kappa shape index (κ3) is 16.4. The number of nitrogens with two attached hydrogens (primary N) is 1. The van der Waals surface area contributed by atoms with Crippen molar-refractivity contribution >= 4 is 23.9 Å². The molecule has 0 heterocycles. The molecule has 0 bridgehead atoms. The van der Waals surface area contributed by atoms with Gasteiger partial charge in [0.1, 0.15) is 0 Å². The van der Waals surface area contributed by atoms with Crippen molar-refractivity contribution in [1.29, 1.82) is 0 Å². The van der Waals surface area contributed by atoms with Crippen LogP contribution >= 0.6 is 0 Å². The zero-order valence-corrected chi connectivity index (χ0v) is 16.2. The Morgan fingerprint density at radius 2 is 1.20 bits per heavy atom. The first-order valence-electron chi connectivity index (χ1n) is 5.39. The Morgan fingerprint density at radius 3 is 1.44 bits per heavy atom. The van der Waals surface area contributed by atoms with Gasteiger partial charge >= 0.3 is 46.6 Å². The van der Waals surface area contributed by atoms with Crippen LogP contribution in [0.3, 0.4) is 0 Å². The van der Waals surface area contributed by atoms with Gasteiger partial charge in [-0.15, -0.1) is 0 Å². The van der Waals surface area contributed by atoms with E-state index in [0.29, 0.717) is 0 Å². The van der Waals surface area contributed by atoms with Crippen molar-refractivity contribution in [3.8, 4) is 0 Å². The first-order valence-corrected chi connectivity index (χ1v) is 5.39. The molecular formula is C10H18FeN2NaO11. The number of hydrogen-bond acceptors (Lipinski definition) is 10. The fourth-order valence-electron chi connectivity index (χ4n) is 1.72. The van der Waals surface area contributed by atoms with E-state index < -0.39 is 61.3 Å². The minimum atomic E-state index is -2.07. The Labute approximate surface area is 174 Å². The van der Waals surface area contributed by atoms with Gasteiger partial charge in [0.2, 0.25) is 0 Å². The predicted octanol–water partition coefficient (Wildman–Crippen LogP) is -12.7. The van der Waals surface area contributed by atoms with Crippen LogP contribution < -0.4 is 61.0 Å². The molecule has 13 nitrogen and oxygen atoms in total. The molecule has 0 saturated carbocycles. The van der Waals surface area contributed by atoms with E-state index in [1.807, 2.05) is 0 Å². The van der Waals surface area contributed by atoms with Gasteiger partial charge in [0, 0.05) is 55.3 Å². The average molecular weight is 421 g/mol. The van der Waals surface area contributed by atoms with Gasteiger partial charge in [-0.1, -0.05) is 0 Å². The molecule has 1 unspecified atom stereocenters. The number of carboxylic acids is 4. The summed E-state index contributed by atoms with van der Waals surface area (Å²) in [6.45, 7) is -0.929. The third-order valence-corrected chi connectivity index (χ3v) is 2.60. The summed E-state index contributed by atoms with van der Waals surface area (Å²) >= 11 is 0. The molecule has 0 spiro atoms. The number of carbonyl (C=O) groups excluding carboxylic acids is 4. The zero-order chi connectivity index (χ0) is 15.9. The van der Waals surface area contributed by atoms with Crippen molar-refractivity contribution in [2.45, 2.75) is 30.8 Å². The first-order chi connectivity index (χ1) is 9.09. The Hall–Kier alpha value is -0.801. The maximum atomic E-state index is 10.7. The van der Waals surface area contributed by atoms with E-state index in [1.165, 1.54) is 0 Å². The maximum Gasteiger partial charge on any atom is 3.00 e. The van der Waals surface area contributed by atoms with Crippen molar-refractivity contribution in [3.63, 3.8) is 0 Å². The summed E-state index contributed by atoms with van der Waals surface area (Å²) in [7, 11) is 0. The summed E-state index contributed by atoms with van der Waals surface area (Å²) in [5.41, 5.74) is 3.39. The topological polar surface area (TPSA) is 293 Å². The summed E-state index contributed by atoms with van der Waals surface area (Å²) in [4.78, 5) is 42.3. The summed E-state index contributed by atoms with van der Waals surface area (Å²) in [5, 5.41) is 44.3. The fourth-order valence-corrected chi connectivity index (χ4v) is 1.72. The second-order valence-electron chi connectivity index (χ2n) is 4.16. The van der Waals surface area contributed by atoms with Gasteiger partial charge in [-0.3, -0.25) is 0 Å². The SMILES string of the molecule is NC(CC(=O)[O-])C(CC(=O)[O-])(CC(=O)[O-])NCC(=O)[O-].O.O.O.[Fe+3].[Na+]. The van der Waals surface area contributed by atoms with Crippen LogP contribution in [0, 0.1) is 0 Å². The van der Waals surface area contributed by atoms with Crippen LogP contribution in [-0.4, -0.2) is 58.4 Å². The fraction of sp³-hybridized carbons (Fsp3) is 0.600. The molecule has 1 atom stereocenters. The van der Waals surface area contributed by atoms with Gasteiger partial charge < -0.3 is 67.1 Å². The van der Waals surface area contributed by atoms with E-state index in [2.05, 4.69) is 5.32 Å². The monoisotopic (exact) mass is 421 g/mol. The summed E-state index contributed by atoms with van der Waals surface area (Å²) in [6, 6.07) is -1.55. The van der Waals surface area contributed by atoms with Gasteiger partial charge in [0.15, 0.2) is 0 Å². The molecule has 0 aromatic rings. The molecule has 0 saturated heterocycles. The number of carbonyl (C=O) groups is 4. The van der Waals surface area contributed by atoms with E-state index in [0.717, 1.165) is 0 Å². The van der Waals surface area contributed by atoms with Crippen molar-refractivity contribution in [2.75, 3.05) is 6.54 Å². The number of nitrogens with one attached hydrogen (secondary N) is 1. The molecule has 25 heavy (non-hydrogen) atoms. The van der Waals surface area contributed by atoms with Crippen molar-refractivity contribution in [3.05, 3.63) is 0 Å². The second-order valence-corrected chi connectivity index (χ2v) is 4.16. The van der Waals surface area contributed by atoms with Crippen molar-refractivity contribution in [1.82, 2.24) is 5.32 Å². The number of carboxylic acid groups (broad SMARTS) is 4. The average Bonchev–Trinajstić information content (AvgIpc) is 2.23. The molecule has 143 valence electrons. The van der Waals surface area contributed by atoms with Gasteiger partial charge in [0.05, 0.1) is 5.97 Å². The van der Waals surface area contributed by atoms with Crippen LogP contribution in [0.2, 0.25) is 0 Å². The van der Waals surface area contributed by atoms with Crippen LogP contribution in [0.1, 0.15) is 19.3 Å². The quantitative estimate of drug-likeness (QED) is 0.314. The van der Waals surface area contributed by atoms with Crippen LogP contribution in [0.4, 0.5) is 0 Å². The van der Waals surface area contributed by atoms with E-state index >= 15 is 0 Å². The van der Waals surface area contributed by atoms with E-state index in [4.69, 9.17) is 5.73 Å². The van der Waals surface area contributed by atoms with Gasteiger partial charge in [0.25, 0.3) is 0 Å². The molecule has 15 heteroatoms. The Bertz CT molecular complexity index is 408. The molecule has 1 radical (unpaired) electrons. The molecule has 0 aliphatic carbocycles. The van der Waals surface area contributed by atoms with Crippen LogP contribution in [-0.2, 0) is 36.2 Å². The van der Waals surface area contributed by atoms with Gasteiger partial charge in [-0.25, -0.2) is 0 Å². The number of hydrogen-bond donors (Lipinski definition) is 2. The van der Waals surface area contributed by atoms with Gasteiger partial charge in [-0.2, -0.15) is 0 Å². The van der Waals surface area contributed by atoms with Crippen LogP contribution in [0.25, 0.3) is 0 Å². The minimum absolute atomic E-state index is 0. The largest absolute Gasteiger partial charge is 3.00 e. The van der Waals surface area contributed by atoms with E-state index in [1.54, 1.807) is 0 Å². The number of rotatable bonds is 10. The third-order valence-electron chi connectivity index (χ3n) is 2.60. The van der Waals surface area contributed by atoms with Crippen LogP contribution in [0.5, 0.6) is 0 Å². The summed E-state index contributed by atoms with van der Waals surface area (Å²) < 4.78 is 0. The molecule has 0 aliphatic rings. The molecule has 0 aromatic carbocycles. The molecule has 0 aliphatic heterocycles. The molecule has 0 fully saturated rings. The molecule has 9 N–H and O–H groups in total. The second kappa shape index (κ2) is 18.0. The predicted molar refractivity (Wildman–Crippen MR) is 63.4 cm³/mol. The Balaban J connectivity index is -0.000000180. The van der Waals surface area contributed by atoms with Crippen LogP contribution in [0.15, 0.2) is 0 Å². The minimum Gasteiger partial charge on any atom is -0.550 e. The summed E-state index contributed by atoms with van der Waals surface area (Å²) in [6.07, 6.45) is -2.94. The van der Waals surface area contributed by atoms with E-state index in [-0.39, 0.29) is 63.1 Å². The van der Waals surface area contributed by atoms with Crippen molar-refractivity contribution in [2.24, 2.45) is 5.73 Å². The molecule has 0 amide bonds. The molecular weight excluding hydrogens is 403 g/mol. The molecule has 0 rings (SSSR count). The zero-order valence-electron chi connectivity index (χ0n) is 13.1. The first kappa shape index (κ1) is 39.3. The maximum absolute atomic E-state index is 10.7. The summed E-state index contributed by atoms with van der Waals surface area (Å²) in [5.74, 6) is -6.81. The van der Waals surface area contributed by atoms with Gasteiger partial charge in [-0.05, 0) is 0 Å². The standard InChI is InChI=1S/C10H16N2O8.Fe.Na.3H2O/c11-5(1-6(13)14)10(2-7(15)16,3-8(17)18)12-4-9(19)20;;;;;/h5,12H,1-4,11H2,(H,13,14)(H,15,16)(H,17,18)(H,19,20);;;3*1H2/q;+3;+1;;;/p-4. The number of aliphatic carboxylic acids is 4. The smallest absolute Gasteiger partial charge is 0.550 e. The Kier molecular flexibility index (Phi) is 28.3.